The monoisotopic (exact) mass is 321 g/mol. The molecule has 2 aromatic rings. The molecule has 0 aromatic heterocycles. The number of benzene rings is 2. The summed E-state index contributed by atoms with van der Waals surface area (Å²) in [5.74, 6) is 0.199. The largest absolute Gasteiger partial charge is 0.282 e. The number of anilines is 1. The van der Waals surface area contributed by atoms with E-state index in [1.54, 1.807) is 0 Å². The number of unbranched alkanes of at least 4 members (excludes halogenated alkanes) is 1. The molecule has 3 rings (SSSR count). The van der Waals surface area contributed by atoms with Gasteiger partial charge in [-0.15, -0.1) is 0 Å². The Balaban J connectivity index is 2.01. The minimum atomic E-state index is 0.199. The lowest BCUT2D eigenvalue weighted by Crippen LogP contribution is -2.50. The summed E-state index contributed by atoms with van der Waals surface area (Å²) in [6, 6.07) is 14.1. The van der Waals surface area contributed by atoms with Crippen LogP contribution in [0.3, 0.4) is 0 Å². The molecule has 24 heavy (non-hydrogen) atoms. The second-order valence-corrected chi connectivity index (χ2v) is 6.24. The molecule has 1 fully saturated rings. The normalized spacial score (nSPS) is 14.7. The summed E-state index contributed by atoms with van der Waals surface area (Å²) in [6.45, 7) is 3.72. The molecule has 0 radical (unpaired) electrons. The minimum absolute atomic E-state index is 0.199. The zero-order chi connectivity index (χ0) is 16.9. The van der Waals surface area contributed by atoms with Crippen molar-refractivity contribution >= 4 is 22.4 Å². The number of hydrazine groups is 1. The SMILES string of the molecule is CCCCC(=O)N1CCCCN1c1ccc(C#N)c2ccccc12. The highest BCUT2D eigenvalue weighted by Gasteiger charge is 2.26. The Morgan fingerprint density at radius 3 is 2.62 bits per heavy atom. The van der Waals surface area contributed by atoms with Crippen LogP contribution in [0.15, 0.2) is 36.4 Å². The molecular formula is C20H23N3O. The van der Waals surface area contributed by atoms with Crippen molar-refractivity contribution in [2.45, 2.75) is 39.0 Å². The first-order valence-corrected chi connectivity index (χ1v) is 8.76. The van der Waals surface area contributed by atoms with Gasteiger partial charge in [0.15, 0.2) is 0 Å². The lowest BCUT2D eigenvalue weighted by atomic mass is 10.0. The average Bonchev–Trinajstić information content (AvgIpc) is 2.65. The topological polar surface area (TPSA) is 47.3 Å². The number of carbonyl (C=O) groups excluding carboxylic acids is 1. The van der Waals surface area contributed by atoms with Gasteiger partial charge in [0.2, 0.25) is 5.91 Å². The molecule has 0 N–H and O–H groups in total. The Kier molecular flexibility index (Phi) is 5.00. The van der Waals surface area contributed by atoms with E-state index in [0.29, 0.717) is 12.0 Å². The summed E-state index contributed by atoms with van der Waals surface area (Å²) in [5.41, 5.74) is 1.70. The van der Waals surface area contributed by atoms with Crippen molar-refractivity contribution in [2.75, 3.05) is 18.1 Å². The molecule has 1 saturated heterocycles. The molecule has 2 aromatic carbocycles. The third-order valence-corrected chi connectivity index (χ3v) is 4.61. The van der Waals surface area contributed by atoms with Gasteiger partial charge in [-0.2, -0.15) is 5.26 Å². The summed E-state index contributed by atoms with van der Waals surface area (Å²) in [5, 5.41) is 15.4. The second-order valence-electron chi connectivity index (χ2n) is 6.24. The van der Waals surface area contributed by atoms with Crippen molar-refractivity contribution in [3.8, 4) is 6.07 Å². The van der Waals surface area contributed by atoms with E-state index >= 15 is 0 Å². The van der Waals surface area contributed by atoms with Crippen molar-refractivity contribution in [1.82, 2.24) is 5.01 Å². The van der Waals surface area contributed by atoms with E-state index in [4.69, 9.17) is 0 Å². The molecule has 124 valence electrons. The van der Waals surface area contributed by atoms with Gasteiger partial charge in [-0.05, 0) is 31.4 Å². The second kappa shape index (κ2) is 7.35. The third-order valence-electron chi connectivity index (χ3n) is 4.61. The molecule has 0 atom stereocenters. The smallest absolute Gasteiger partial charge is 0.241 e. The van der Waals surface area contributed by atoms with Crippen molar-refractivity contribution in [3.05, 3.63) is 42.0 Å². The fraction of sp³-hybridized carbons (Fsp3) is 0.400. The Bertz CT molecular complexity index is 778. The maximum absolute atomic E-state index is 12.6. The van der Waals surface area contributed by atoms with E-state index in [-0.39, 0.29) is 5.91 Å². The molecule has 0 unspecified atom stereocenters. The van der Waals surface area contributed by atoms with Crippen LogP contribution in [0, 0.1) is 11.3 Å². The van der Waals surface area contributed by atoms with Gasteiger partial charge in [0, 0.05) is 30.3 Å². The van der Waals surface area contributed by atoms with Crippen LogP contribution in [0.2, 0.25) is 0 Å². The fourth-order valence-corrected chi connectivity index (χ4v) is 3.34. The van der Waals surface area contributed by atoms with Gasteiger partial charge in [0.05, 0.1) is 17.3 Å². The van der Waals surface area contributed by atoms with Crippen molar-refractivity contribution < 1.29 is 4.79 Å². The standard InChI is InChI=1S/C20H23N3O/c1-2-3-10-20(24)23-14-7-6-13-22(23)19-12-11-16(15-21)17-8-4-5-9-18(17)19/h4-5,8-9,11-12H,2-3,6-7,10,13-14H2,1H3. The third kappa shape index (κ3) is 3.07. The Morgan fingerprint density at radius 2 is 1.88 bits per heavy atom. The van der Waals surface area contributed by atoms with Gasteiger partial charge < -0.3 is 0 Å². The van der Waals surface area contributed by atoms with Crippen LogP contribution >= 0.6 is 0 Å². The van der Waals surface area contributed by atoms with Crippen LogP contribution in [-0.4, -0.2) is 24.0 Å². The maximum atomic E-state index is 12.6. The Hall–Kier alpha value is -2.54. The lowest BCUT2D eigenvalue weighted by molar-refractivity contribution is -0.132. The number of hydrogen-bond acceptors (Lipinski definition) is 3. The molecule has 0 saturated carbocycles. The zero-order valence-corrected chi connectivity index (χ0v) is 14.2. The molecule has 4 heteroatoms. The van der Waals surface area contributed by atoms with E-state index in [1.165, 1.54) is 0 Å². The number of amides is 1. The summed E-state index contributed by atoms with van der Waals surface area (Å²) in [7, 11) is 0. The Morgan fingerprint density at radius 1 is 1.12 bits per heavy atom. The van der Waals surface area contributed by atoms with Crippen LogP contribution in [0.25, 0.3) is 10.8 Å². The highest BCUT2D eigenvalue weighted by Crippen LogP contribution is 2.32. The highest BCUT2D eigenvalue weighted by atomic mass is 16.2. The van der Waals surface area contributed by atoms with Crippen LogP contribution < -0.4 is 5.01 Å². The van der Waals surface area contributed by atoms with Gasteiger partial charge in [-0.25, -0.2) is 0 Å². The van der Waals surface area contributed by atoms with Crippen LogP contribution in [0.1, 0.15) is 44.6 Å². The van der Waals surface area contributed by atoms with Crippen molar-refractivity contribution in [1.29, 1.82) is 5.26 Å². The minimum Gasteiger partial charge on any atom is -0.282 e. The Labute approximate surface area is 143 Å². The van der Waals surface area contributed by atoms with Crippen molar-refractivity contribution in [3.63, 3.8) is 0 Å². The van der Waals surface area contributed by atoms with E-state index < -0.39 is 0 Å². The first-order valence-electron chi connectivity index (χ1n) is 8.76. The molecule has 0 bridgehead atoms. The summed E-state index contributed by atoms with van der Waals surface area (Å²) < 4.78 is 0. The van der Waals surface area contributed by atoms with Crippen LogP contribution in [-0.2, 0) is 4.79 Å². The molecule has 1 amide bonds. The van der Waals surface area contributed by atoms with Crippen LogP contribution in [0.5, 0.6) is 0 Å². The van der Waals surface area contributed by atoms with Gasteiger partial charge in [0.1, 0.15) is 0 Å². The van der Waals surface area contributed by atoms with E-state index in [2.05, 4.69) is 18.0 Å². The molecule has 4 nitrogen and oxygen atoms in total. The number of fused-ring (bicyclic) bond motifs is 1. The van der Waals surface area contributed by atoms with E-state index in [9.17, 15) is 10.1 Å². The van der Waals surface area contributed by atoms with Crippen molar-refractivity contribution in [2.24, 2.45) is 0 Å². The summed E-state index contributed by atoms with van der Waals surface area (Å²) in [6.07, 6.45) is 4.67. The van der Waals surface area contributed by atoms with Gasteiger partial charge in [-0.1, -0.05) is 37.6 Å². The fourth-order valence-electron chi connectivity index (χ4n) is 3.34. The van der Waals surface area contributed by atoms with Gasteiger partial charge >= 0.3 is 0 Å². The van der Waals surface area contributed by atoms with Gasteiger partial charge in [0.25, 0.3) is 0 Å². The predicted octanol–water partition coefficient (Wildman–Crippen LogP) is 4.25. The number of nitrogens with zero attached hydrogens (tertiary/aromatic N) is 3. The summed E-state index contributed by atoms with van der Waals surface area (Å²) >= 11 is 0. The predicted molar refractivity (Wildman–Crippen MR) is 96.5 cm³/mol. The van der Waals surface area contributed by atoms with Gasteiger partial charge in [-0.3, -0.25) is 14.8 Å². The number of carbonyl (C=O) groups is 1. The lowest BCUT2D eigenvalue weighted by Gasteiger charge is -2.40. The zero-order valence-electron chi connectivity index (χ0n) is 14.2. The quantitative estimate of drug-likeness (QED) is 0.846. The first kappa shape index (κ1) is 16.3. The molecule has 1 heterocycles. The molecule has 0 aliphatic carbocycles. The van der Waals surface area contributed by atoms with Crippen LogP contribution in [0.4, 0.5) is 5.69 Å². The molecular weight excluding hydrogens is 298 g/mol. The number of rotatable bonds is 4. The highest BCUT2D eigenvalue weighted by molar-refractivity contribution is 5.98. The molecule has 1 aliphatic heterocycles. The molecule has 0 spiro atoms. The number of nitriles is 1. The first-order chi connectivity index (χ1) is 11.8. The van der Waals surface area contributed by atoms with E-state index in [1.807, 2.05) is 41.4 Å². The average molecular weight is 321 g/mol. The van der Waals surface area contributed by atoms with E-state index in [0.717, 1.165) is 55.2 Å². The maximum Gasteiger partial charge on any atom is 0.241 e. The summed E-state index contributed by atoms with van der Waals surface area (Å²) in [4.78, 5) is 12.6. The molecule has 1 aliphatic rings. The number of hydrogen-bond donors (Lipinski definition) is 0.